The van der Waals surface area contributed by atoms with Gasteiger partial charge in [-0.15, -0.1) is 0 Å². The number of amides is 3. The van der Waals surface area contributed by atoms with Crippen LogP contribution in [-0.2, 0) is 9.59 Å². The van der Waals surface area contributed by atoms with Crippen LogP contribution in [-0.4, -0.2) is 41.8 Å². The van der Waals surface area contributed by atoms with Crippen LogP contribution >= 0.6 is 15.9 Å². The Hall–Kier alpha value is -1.89. The standard InChI is InChI=1S/C19H24BrN3O3/c1-11-7-12(2)10-23(9-11)19(26)14-8-13(20)3-4-15(14)22-18(25)16-5-6-17(24)21-16/h3-4,8,11-12,16H,5-7,9-10H2,1-2H3,(H,21,24)(H,22,25)/t11-,12+,16?. The van der Waals surface area contributed by atoms with Crippen LogP contribution in [0, 0.1) is 11.8 Å². The van der Waals surface area contributed by atoms with Crippen molar-refractivity contribution >= 4 is 39.3 Å². The summed E-state index contributed by atoms with van der Waals surface area (Å²) in [6.07, 6.45) is 1.95. The molecule has 26 heavy (non-hydrogen) atoms. The third-order valence-electron chi connectivity index (χ3n) is 4.94. The first-order chi connectivity index (χ1) is 12.3. The molecule has 3 rings (SSSR count). The second-order valence-corrected chi connectivity index (χ2v) is 8.41. The molecule has 2 aliphatic heterocycles. The molecule has 3 atom stereocenters. The van der Waals surface area contributed by atoms with Crippen LogP contribution in [0.15, 0.2) is 22.7 Å². The average Bonchev–Trinajstić information content (AvgIpc) is 3.01. The molecule has 0 bridgehead atoms. The molecule has 0 radical (unpaired) electrons. The maximum absolute atomic E-state index is 13.1. The highest BCUT2D eigenvalue weighted by atomic mass is 79.9. The van der Waals surface area contributed by atoms with Crippen molar-refractivity contribution in [3.63, 3.8) is 0 Å². The molecule has 0 aliphatic carbocycles. The molecule has 140 valence electrons. The summed E-state index contributed by atoms with van der Waals surface area (Å²) in [7, 11) is 0. The van der Waals surface area contributed by atoms with Gasteiger partial charge in [0, 0.05) is 24.0 Å². The van der Waals surface area contributed by atoms with Gasteiger partial charge in [-0.2, -0.15) is 0 Å². The van der Waals surface area contributed by atoms with Gasteiger partial charge in [-0.1, -0.05) is 29.8 Å². The number of carbonyl (C=O) groups is 3. The van der Waals surface area contributed by atoms with Gasteiger partial charge in [-0.25, -0.2) is 0 Å². The van der Waals surface area contributed by atoms with E-state index in [2.05, 4.69) is 40.4 Å². The molecule has 1 unspecified atom stereocenters. The molecule has 2 aliphatic rings. The lowest BCUT2D eigenvalue weighted by molar-refractivity contribution is -0.122. The molecule has 2 N–H and O–H groups in total. The van der Waals surface area contributed by atoms with Crippen molar-refractivity contribution in [3.8, 4) is 0 Å². The predicted octanol–water partition coefficient (Wildman–Crippen LogP) is 2.78. The lowest BCUT2D eigenvalue weighted by atomic mass is 9.91. The van der Waals surface area contributed by atoms with Gasteiger partial charge in [-0.3, -0.25) is 14.4 Å². The van der Waals surface area contributed by atoms with Gasteiger partial charge in [0.1, 0.15) is 6.04 Å². The molecule has 0 aromatic heterocycles. The van der Waals surface area contributed by atoms with Crippen molar-refractivity contribution in [3.05, 3.63) is 28.2 Å². The molecule has 2 fully saturated rings. The Labute approximate surface area is 161 Å². The summed E-state index contributed by atoms with van der Waals surface area (Å²) in [5.74, 6) is 0.444. The lowest BCUT2D eigenvalue weighted by Gasteiger charge is -2.35. The second-order valence-electron chi connectivity index (χ2n) is 7.49. The van der Waals surface area contributed by atoms with E-state index in [4.69, 9.17) is 0 Å². The largest absolute Gasteiger partial charge is 0.344 e. The summed E-state index contributed by atoms with van der Waals surface area (Å²) < 4.78 is 0.783. The first-order valence-electron chi connectivity index (χ1n) is 9.02. The maximum Gasteiger partial charge on any atom is 0.256 e. The van der Waals surface area contributed by atoms with Crippen LogP contribution in [0.3, 0.4) is 0 Å². The zero-order chi connectivity index (χ0) is 18.8. The topological polar surface area (TPSA) is 78.5 Å². The van der Waals surface area contributed by atoms with Gasteiger partial charge in [0.25, 0.3) is 5.91 Å². The Morgan fingerprint density at radius 1 is 1.23 bits per heavy atom. The molecule has 6 nitrogen and oxygen atoms in total. The highest BCUT2D eigenvalue weighted by Crippen LogP contribution is 2.27. The van der Waals surface area contributed by atoms with Crippen molar-refractivity contribution in [2.75, 3.05) is 18.4 Å². The number of likely N-dealkylation sites (tertiary alicyclic amines) is 1. The number of halogens is 1. The summed E-state index contributed by atoms with van der Waals surface area (Å²) in [5, 5.41) is 5.47. The van der Waals surface area contributed by atoms with Crippen LogP contribution < -0.4 is 10.6 Å². The number of rotatable bonds is 3. The van der Waals surface area contributed by atoms with Crippen LogP contribution in [0.2, 0.25) is 0 Å². The van der Waals surface area contributed by atoms with Crippen LogP contribution in [0.5, 0.6) is 0 Å². The van der Waals surface area contributed by atoms with E-state index < -0.39 is 6.04 Å². The van der Waals surface area contributed by atoms with Crippen molar-refractivity contribution in [2.24, 2.45) is 11.8 Å². The molecule has 1 aromatic carbocycles. The summed E-state index contributed by atoms with van der Waals surface area (Å²) in [5.41, 5.74) is 0.952. The van der Waals surface area contributed by atoms with Crippen molar-refractivity contribution in [1.82, 2.24) is 10.2 Å². The van der Waals surface area contributed by atoms with E-state index in [1.54, 1.807) is 18.2 Å². The smallest absolute Gasteiger partial charge is 0.256 e. The molecular formula is C19H24BrN3O3. The molecule has 0 spiro atoms. The monoisotopic (exact) mass is 421 g/mol. The van der Waals surface area contributed by atoms with E-state index in [-0.39, 0.29) is 17.7 Å². The third kappa shape index (κ3) is 4.26. The summed E-state index contributed by atoms with van der Waals surface area (Å²) in [6, 6.07) is 4.73. The Morgan fingerprint density at radius 2 is 1.92 bits per heavy atom. The average molecular weight is 422 g/mol. The molecular weight excluding hydrogens is 398 g/mol. The molecule has 3 amide bonds. The number of carbonyl (C=O) groups excluding carboxylic acids is 3. The van der Waals surface area contributed by atoms with Crippen LogP contribution in [0.4, 0.5) is 5.69 Å². The fraction of sp³-hybridized carbons (Fsp3) is 0.526. The van der Waals surface area contributed by atoms with Crippen molar-refractivity contribution < 1.29 is 14.4 Å². The minimum Gasteiger partial charge on any atom is -0.344 e. The van der Waals surface area contributed by atoms with Gasteiger partial charge in [0.2, 0.25) is 11.8 Å². The summed E-state index contributed by atoms with van der Waals surface area (Å²) in [6.45, 7) is 5.76. The van der Waals surface area contributed by atoms with Gasteiger partial charge in [-0.05, 0) is 42.9 Å². The number of anilines is 1. The minimum absolute atomic E-state index is 0.0737. The Bertz CT molecular complexity index is 727. The molecule has 0 saturated carbocycles. The van der Waals surface area contributed by atoms with Gasteiger partial charge in [0.15, 0.2) is 0 Å². The van der Waals surface area contributed by atoms with E-state index in [0.717, 1.165) is 24.0 Å². The zero-order valence-corrected chi connectivity index (χ0v) is 16.6. The fourth-order valence-corrected chi connectivity index (χ4v) is 4.19. The van der Waals surface area contributed by atoms with Gasteiger partial charge in [0.05, 0.1) is 11.3 Å². The second kappa shape index (κ2) is 7.78. The highest BCUT2D eigenvalue weighted by Gasteiger charge is 2.30. The predicted molar refractivity (Wildman–Crippen MR) is 103 cm³/mol. The van der Waals surface area contributed by atoms with E-state index in [9.17, 15) is 14.4 Å². The van der Waals surface area contributed by atoms with Crippen LogP contribution in [0.1, 0.15) is 43.5 Å². The van der Waals surface area contributed by atoms with E-state index in [1.165, 1.54) is 0 Å². The van der Waals surface area contributed by atoms with Crippen molar-refractivity contribution in [2.45, 2.75) is 39.2 Å². The summed E-state index contributed by atoms with van der Waals surface area (Å²) >= 11 is 3.41. The maximum atomic E-state index is 13.1. The van der Waals surface area contributed by atoms with Crippen molar-refractivity contribution in [1.29, 1.82) is 0 Å². The fourth-order valence-electron chi connectivity index (χ4n) is 3.83. The highest BCUT2D eigenvalue weighted by molar-refractivity contribution is 9.10. The number of nitrogens with zero attached hydrogens (tertiary/aromatic N) is 1. The quantitative estimate of drug-likeness (QED) is 0.787. The molecule has 2 saturated heterocycles. The summed E-state index contributed by atoms with van der Waals surface area (Å²) in [4.78, 5) is 38.7. The first kappa shape index (κ1) is 18.9. The molecule has 1 aromatic rings. The molecule has 2 heterocycles. The number of hydrogen-bond donors (Lipinski definition) is 2. The lowest BCUT2D eigenvalue weighted by Crippen LogP contribution is -2.43. The Morgan fingerprint density at radius 3 is 2.54 bits per heavy atom. The zero-order valence-electron chi connectivity index (χ0n) is 15.0. The van der Waals surface area contributed by atoms with E-state index >= 15 is 0 Å². The Kier molecular flexibility index (Phi) is 5.65. The van der Waals surface area contributed by atoms with E-state index in [0.29, 0.717) is 35.9 Å². The van der Waals surface area contributed by atoms with E-state index in [1.807, 2.05) is 4.90 Å². The number of piperidine rings is 1. The Balaban J connectivity index is 1.80. The molecule has 7 heteroatoms. The number of hydrogen-bond acceptors (Lipinski definition) is 3. The normalized spacial score (nSPS) is 25.7. The third-order valence-corrected chi connectivity index (χ3v) is 5.43. The minimum atomic E-state index is -0.538. The van der Waals surface area contributed by atoms with Crippen LogP contribution in [0.25, 0.3) is 0 Å². The first-order valence-corrected chi connectivity index (χ1v) is 9.82. The SMILES string of the molecule is C[C@@H]1C[C@H](C)CN(C(=O)c2cc(Br)ccc2NC(=O)C2CCC(=O)N2)C1. The van der Waals surface area contributed by atoms with Gasteiger partial charge < -0.3 is 15.5 Å². The number of nitrogens with one attached hydrogen (secondary N) is 2. The number of benzene rings is 1. The van der Waals surface area contributed by atoms with Gasteiger partial charge >= 0.3 is 0 Å².